The zero-order valence-corrected chi connectivity index (χ0v) is 30.1. The van der Waals surface area contributed by atoms with Gasteiger partial charge in [0, 0.05) is 62.5 Å². The molecular formula is C23H61I6O3-. The number of halogens is 6. The van der Waals surface area contributed by atoms with Gasteiger partial charge in [-0.2, -0.15) is 0 Å². The van der Waals surface area contributed by atoms with Crippen LogP contribution in [0.15, 0.2) is 0 Å². The summed E-state index contributed by atoms with van der Waals surface area (Å²) in [6.07, 6.45) is 0. The summed E-state index contributed by atoms with van der Waals surface area (Å²) in [5.41, 5.74) is -0.0569. The van der Waals surface area contributed by atoms with Crippen LogP contribution in [-0.4, -0.2) is 39.6 Å². The first-order valence-electron chi connectivity index (χ1n) is 8.41. The van der Waals surface area contributed by atoms with Crippen LogP contribution in [0.2, 0.25) is 0 Å². The van der Waals surface area contributed by atoms with E-state index in [-0.39, 0.29) is 74.0 Å². The van der Waals surface area contributed by atoms with Gasteiger partial charge < -0.3 is 14.2 Å². The molecule has 0 saturated heterocycles. The van der Waals surface area contributed by atoms with Gasteiger partial charge in [-0.25, -0.2) is 0 Å². The third-order valence-electron chi connectivity index (χ3n) is 2.71. The Balaban J connectivity index is -0.0000000464. The molecule has 3 nitrogen and oxygen atoms in total. The summed E-state index contributed by atoms with van der Waals surface area (Å²) in [6.45, 7) is 19.7. The van der Waals surface area contributed by atoms with Crippen LogP contribution in [0.1, 0.15) is 93.0 Å². The van der Waals surface area contributed by atoms with Crippen LogP contribution < -0.4 is 13.3 Å². The fourth-order valence-electron chi connectivity index (χ4n) is 1.75. The van der Waals surface area contributed by atoms with Gasteiger partial charge in [0.25, 0.3) is 0 Å². The Morgan fingerprint density at radius 1 is 0.594 bits per heavy atom. The molecule has 0 rings (SSSR count). The van der Waals surface area contributed by atoms with Gasteiger partial charge in [0.15, 0.2) is 0 Å². The van der Waals surface area contributed by atoms with E-state index < -0.39 is 0 Å². The van der Waals surface area contributed by atoms with Crippen LogP contribution in [0, 0.1) is 23.2 Å². The van der Waals surface area contributed by atoms with E-state index in [1.165, 1.54) is 0 Å². The van der Waals surface area contributed by atoms with Gasteiger partial charge in [0.1, 0.15) is 0 Å². The van der Waals surface area contributed by atoms with Crippen LogP contribution in [0.5, 0.6) is 0 Å². The standard InChI is InChI=1S/C17H36O3.6CH4.I3.I2.HI/c1-14(2)8-18-11-17(7,12-19-9-15(3)4)13-20-10-16(5)6;;;;;;;1-3-2;1-2;/h14-16H,8-13H2,1-7H3;6*1H4;;;1H/q;;;;;;;-1;;. The second-order valence-corrected chi connectivity index (χ2v) is 23.8. The summed E-state index contributed by atoms with van der Waals surface area (Å²) < 4.78 is 17.4. The van der Waals surface area contributed by atoms with Gasteiger partial charge in [-0.3, -0.25) is 0 Å². The topological polar surface area (TPSA) is 27.7 Å². The molecule has 214 valence electrons. The molecule has 0 spiro atoms. The van der Waals surface area contributed by atoms with Crippen LogP contribution in [0.25, 0.3) is 0 Å². The summed E-state index contributed by atoms with van der Waals surface area (Å²) in [4.78, 5) is 0. The van der Waals surface area contributed by atoms with Crippen molar-refractivity contribution >= 4 is 98.4 Å². The average Bonchev–Trinajstić information content (AvgIpc) is 2.49. The van der Waals surface area contributed by atoms with E-state index in [1.54, 1.807) is 0 Å². The molecule has 0 aliphatic rings. The Morgan fingerprint density at radius 2 is 0.750 bits per heavy atom. The molecule has 9 heteroatoms. The van der Waals surface area contributed by atoms with Crippen molar-refractivity contribution < 1.29 is 27.5 Å². The molecule has 32 heavy (non-hydrogen) atoms. The van der Waals surface area contributed by atoms with Gasteiger partial charge in [0.2, 0.25) is 0 Å². The second-order valence-electron chi connectivity index (χ2n) is 7.59. The van der Waals surface area contributed by atoms with E-state index in [0.717, 1.165) is 19.8 Å². The van der Waals surface area contributed by atoms with Crippen molar-refractivity contribution in [1.29, 1.82) is 0 Å². The van der Waals surface area contributed by atoms with Crippen molar-refractivity contribution in [2.24, 2.45) is 23.2 Å². The van der Waals surface area contributed by atoms with E-state index in [4.69, 9.17) is 14.2 Å². The maximum atomic E-state index is 5.82. The summed E-state index contributed by atoms with van der Waals surface area (Å²) >= 11 is 9.54. The van der Waals surface area contributed by atoms with E-state index >= 15 is 0 Å². The molecule has 0 radical (unpaired) electrons. The Kier molecular flexibility index (Phi) is 98.8. The number of ether oxygens (including phenoxy) is 3. The van der Waals surface area contributed by atoms with E-state index in [2.05, 4.69) is 123 Å². The third kappa shape index (κ3) is 59.4. The third-order valence-corrected chi connectivity index (χ3v) is 2.71. The zero-order chi connectivity index (χ0) is 20.3. The molecule has 0 atom stereocenters. The zero-order valence-electron chi connectivity index (χ0n) is 17.0. The predicted molar refractivity (Wildman–Crippen MR) is 197 cm³/mol. The van der Waals surface area contributed by atoms with Crippen molar-refractivity contribution in [1.82, 2.24) is 0 Å². The SMILES string of the molecule is C.C.C.C.C.C.CC(C)COCC(C)(COCC(C)C)COCC(C)C.I.II.I[I-]I. The van der Waals surface area contributed by atoms with Crippen molar-refractivity contribution in [3.63, 3.8) is 0 Å². The monoisotopic (exact) mass is 1150 g/mol. The van der Waals surface area contributed by atoms with E-state index in [9.17, 15) is 0 Å². The predicted octanol–water partition coefficient (Wildman–Crippen LogP) is 8.99. The molecule has 0 amide bonds. The summed E-state index contributed by atoms with van der Waals surface area (Å²) in [5, 5.41) is 0. The van der Waals surface area contributed by atoms with Crippen molar-refractivity contribution in [2.45, 2.75) is 93.0 Å². The molecule has 0 aliphatic heterocycles. The Morgan fingerprint density at radius 3 is 0.875 bits per heavy atom. The number of hydrogen-bond donors (Lipinski definition) is 0. The van der Waals surface area contributed by atoms with Crippen molar-refractivity contribution in [3.05, 3.63) is 0 Å². The first-order chi connectivity index (χ1) is 11.7. The summed E-state index contributed by atoms with van der Waals surface area (Å²) in [7, 11) is 0. The van der Waals surface area contributed by atoms with Crippen LogP contribution in [-0.2, 0) is 14.2 Å². The molecule has 0 aromatic heterocycles. The molecule has 0 aromatic carbocycles. The number of rotatable bonds is 12. The molecule has 0 saturated carbocycles. The molecule has 0 fully saturated rings. The van der Waals surface area contributed by atoms with Crippen LogP contribution in [0.4, 0.5) is 0 Å². The summed E-state index contributed by atoms with van der Waals surface area (Å²) in [6, 6.07) is 0. The molecular weight excluding hydrogens is 1090 g/mol. The first-order valence-corrected chi connectivity index (χ1v) is 27.3. The minimum atomic E-state index is -0.0569. The quantitative estimate of drug-likeness (QED) is 0.183. The minimum absolute atomic E-state index is 0. The fraction of sp³-hybridized carbons (Fsp3) is 1.00. The molecule has 0 aliphatic carbocycles. The normalized spacial score (nSPS) is 8.94. The maximum absolute atomic E-state index is 5.82. The van der Waals surface area contributed by atoms with Crippen LogP contribution >= 0.6 is 98.4 Å². The molecule has 0 aromatic rings. The fourth-order valence-corrected chi connectivity index (χ4v) is 1.75. The van der Waals surface area contributed by atoms with Gasteiger partial charge in [-0.1, -0.05) is 93.0 Å². The van der Waals surface area contributed by atoms with Crippen molar-refractivity contribution in [2.75, 3.05) is 39.6 Å². The Labute approximate surface area is 277 Å². The van der Waals surface area contributed by atoms with E-state index in [1.807, 2.05) is 0 Å². The van der Waals surface area contributed by atoms with E-state index in [0.29, 0.717) is 50.8 Å². The molecule has 0 bridgehead atoms. The van der Waals surface area contributed by atoms with Crippen molar-refractivity contribution in [3.8, 4) is 0 Å². The van der Waals surface area contributed by atoms with Gasteiger partial charge >= 0.3 is 50.5 Å². The van der Waals surface area contributed by atoms with Gasteiger partial charge in [0.05, 0.1) is 19.8 Å². The number of hydrogen-bond acceptors (Lipinski definition) is 3. The Bertz CT molecular complexity index is 224. The van der Waals surface area contributed by atoms with Gasteiger partial charge in [-0.05, 0) is 17.8 Å². The molecule has 0 unspecified atom stereocenters. The Hall–Kier alpha value is 4.26. The molecule has 0 heterocycles. The molecule has 0 N–H and O–H groups in total. The summed E-state index contributed by atoms with van der Waals surface area (Å²) in [5.74, 6) is 1.69. The van der Waals surface area contributed by atoms with Gasteiger partial charge in [-0.15, -0.1) is 24.0 Å². The average molecular weight is 1150 g/mol. The first kappa shape index (κ1) is 65.4. The van der Waals surface area contributed by atoms with Crippen LogP contribution in [0.3, 0.4) is 0 Å². The second kappa shape index (κ2) is 48.3.